The average Bonchev–Trinajstić information content (AvgIpc) is 2.98. The van der Waals surface area contributed by atoms with Crippen LogP contribution in [0.15, 0.2) is 0 Å². The molecule has 0 aromatic rings. The van der Waals surface area contributed by atoms with E-state index in [1.165, 1.54) is 25.7 Å². The summed E-state index contributed by atoms with van der Waals surface area (Å²) in [6.07, 6.45) is 10.4. The van der Waals surface area contributed by atoms with Crippen LogP contribution in [0, 0.1) is 28.6 Å². The van der Waals surface area contributed by atoms with E-state index in [0.717, 1.165) is 40.0 Å². The molecule has 7 unspecified atom stereocenters. The number of aliphatic hydroxyl groups excluding tert-OH is 2. The molecule has 2 saturated heterocycles. The Morgan fingerprint density at radius 1 is 1.07 bits per heavy atom. The molecule has 0 bridgehead atoms. The topological polar surface area (TPSA) is 83.6 Å². The number of primary amides is 1. The van der Waals surface area contributed by atoms with Gasteiger partial charge in [-0.2, -0.15) is 0 Å². The molecule has 4 rings (SSSR count). The van der Waals surface area contributed by atoms with Crippen LogP contribution in [0.4, 0.5) is 0 Å². The van der Waals surface area contributed by atoms with E-state index in [1.807, 2.05) is 0 Å². The predicted octanol–water partition coefficient (Wildman–Crippen LogP) is 4.23. The fourth-order valence-corrected chi connectivity index (χ4v) is 18.9. The van der Waals surface area contributed by atoms with E-state index in [0.29, 0.717) is 35.0 Å². The summed E-state index contributed by atoms with van der Waals surface area (Å²) in [6, 6.07) is 0. The number of hydrogen-bond acceptors (Lipinski definition) is 3. The molecule has 0 radical (unpaired) electrons. The second-order valence-corrected chi connectivity index (χ2v) is 17.4. The van der Waals surface area contributed by atoms with Crippen molar-refractivity contribution in [1.29, 1.82) is 0 Å². The van der Waals surface area contributed by atoms with Crippen LogP contribution >= 0.6 is 19.8 Å². The summed E-state index contributed by atoms with van der Waals surface area (Å²) in [7, 11) is 0. The van der Waals surface area contributed by atoms with Crippen LogP contribution in [0.3, 0.4) is 0 Å². The van der Waals surface area contributed by atoms with Gasteiger partial charge in [0.2, 0.25) is 0 Å². The van der Waals surface area contributed by atoms with Crippen LogP contribution in [-0.2, 0) is 4.79 Å². The zero-order valence-electron chi connectivity index (χ0n) is 17.9. The third-order valence-corrected chi connectivity index (χ3v) is 19.1. The molecule has 0 aromatic heterocycles. The Bertz CT molecular complexity index is 615. The van der Waals surface area contributed by atoms with Gasteiger partial charge in [0.05, 0.1) is 0 Å². The Kier molecular flexibility index (Phi) is 5.85. The van der Waals surface area contributed by atoms with Gasteiger partial charge in [0.1, 0.15) is 0 Å². The Hall–Kier alpha value is 0.120. The van der Waals surface area contributed by atoms with Crippen LogP contribution in [0.2, 0.25) is 0 Å². The number of fused-ring (bicyclic) bond motifs is 5. The normalized spacial score (nSPS) is 50.4. The number of carbonyl (C=O) groups is 1. The summed E-state index contributed by atoms with van der Waals surface area (Å²) in [5, 5.41) is 21.6. The number of alkyl halides is 3. The standard InChI is InChI=1S/C23H40INO3/c1-14(4-7-21(25)28)17-5-6-18-23(17,3)11-9-19-22(2)10-8-16(26)12-15(22)13-20(27)24(18)19/h14-20,26-27H,4-13H2,1-3H3,(H2,25,28)/t14-,15?,16-,17?,18?,19?,20?,22?,23?/m1/s1. The molecule has 2 aliphatic carbocycles. The molecule has 2 aliphatic heterocycles. The van der Waals surface area contributed by atoms with Crippen molar-refractivity contribution in [3.8, 4) is 0 Å². The second-order valence-electron chi connectivity index (χ2n) is 10.8. The van der Waals surface area contributed by atoms with E-state index < -0.39 is 19.8 Å². The molecule has 9 atom stereocenters. The van der Waals surface area contributed by atoms with Gasteiger partial charge < -0.3 is 0 Å². The number of amides is 1. The fourth-order valence-electron chi connectivity index (χ4n) is 7.71. The molecule has 2 saturated carbocycles. The van der Waals surface area contributed by atoms with E-state index in [4.69, 9.17) is 5.73 Å². The molecule has 4 fully saturated rings. The zero-order valence-corrected chi connectivity index (χ0v) is 20.0. The van der Waals surface area contributed by atoms with Gasteiger partial charge in [-0.3, -0.25) is 0 Å². The van der Waals surface area contributed by atoms with Crippen LogP contribution in [0.5, 0.6) is 0 Å². The van der Waals surface area contributed by atoms with Gasteiger partial charge in [0, 0.05) is 0 Å². The van der Waals surface area contributed by atoms with Crippen molar-refractivity contribution in [1.82, 2.24) is 0 Å². The molecule has 1 amide bonds. The minimum absolute atomic E-state index is 0.0538. The van der Waals surface area contributed by atoms with Gasteiger partial charge in [-0.15, -0.1) is 0 Å². The second kappa shape index (κ2) is 7.67. The van der Waals surface area contributed by atoms with Crippen molar-refractivity contribution >= 4 is 25.7 Å². The Labute approximate surface area is 177 Å². The number of halogens is 1. The first-order chi connectivity index (χ1) is 13.2. The van der Waals surface area contributed by atoms with Crippen molar-refractivity contribution in [2.45, 2.75) is 103 Å². The quantitative estimate of drug-likeness (QED) is 0.395. The molecule has 4 nitrogen and oxygen atoms in total. The van der Waals surface area contributed by atoms with Gasteiger partial charge in [0.25, 0.3) is 0 Å². The van der Waals surface area contributed by atoms with E-state index in [9.17, 15) is 15.0 Å². The Morgan fingerprint density at radius 3 is 2.46 bits per heavy atom. The molecule has 4 aliphatic rings. The van der Waals surface area contributed by atoms with Gasteiger partial charge in [0.15, 0.2) is 0 Å². The van der Waals surface area contributed by atoms with E-state index in [-0.39, 0.29) is 16.1 Å². The summed E-state index contributed by atoms with van der Waals surface area (Å²) in [5.41, 5.74) is 6.13. The molecule has 28 heavy (non-hydrogen) atoms. The van der Waals surface area contributed by atoms with E-state index >= 15 is 0 Å². The van der Waals surface area contributed by atoms with Gasteiger partial charge >= 0.3 is 178 Å². The predicted molar refractivity (Wildman–Crippen MR) is 121 cm³/mol. The first kappa shape index (κ1) is 21.4. The van der Waals surface area contributed by atoms with E-state index in [2.05, 4.69) is 20.8 Å². The van der Waals surface area contributed by atoms with Crippen LogP contribution < -0.4 is 5.73 Å². The first-order valence-corrected chi connectivity index (χ1v) is 15.2. The fraction of sp³-hybridized carbons (Fsp3) is 0.957. The first-order valence-electron chi connectivity index (χ1n) is 11.5. The zero-order chi connectivity index (χ0) is 20.3. The van der Waals surface area contributed by atoms with Crippen molar-refractivity contribution in [3.63, 3.8) is 0 Å². The molecule has 0 aromatic carbocycles. The summed E-state index contributed by atoms with van der Waals surface area (Å²) in [6.45, 7) is 7.36. The van der Waals surface area contributed by atoms with Gasteiger partial charge in [-0.05, 0) is 0 Å². The van der Waals surface area contributed by atoms with Gasteiger partial charge in [-0.1, -0.05) is 0 Å². The third kappa shape index (κ3) is 3.35. The SMILES string of the molecule is C[C@H](CCC(N)=O)C1CCC2I3C(O)CC4C[C@H](O)CCC4(C)C3CCC12C. The van der Waals surface area contributed by atoms with Crippen molar-refractivity contribution < 1.29 is 15.0 Å². The summed E-state index contributed by atoms with van der Waals surface area (Å²) < 4.78 is 1.47. The van der Waals surface area contributed by atoms with Crippen molar-refractivity contribution in [2.24, 2.45) is 34.3 Å². The molecular weight excluding hydrogens is 465 g/mol. The number of rotatable bonds is 4. The molecule has 0 spiro atoms. The Balaban J connectivity index is 1.55. The van der Waals surface area contributed by atoms with E-state index in [1.54, 1.807) is 0 Å². The van der Waals surface area contributed by atoms with Crippen LogP contribution in [-0.4, -0.2) is 34.2 Å². The summed E-state index contributed by atoms with van der Waals surface area (Å²) in [4.78, 5) is 11.3. The van der Waals surface area contributed by atoms with Gasteiger partial charge in [-0.25, -0.2) is 0 Å². The average molecular weight is 505 g/mol. The molecule has 162 valence electrons. The molecule has 2 heterocycles. The number of aliphatic hydroxyl groups is 2. The number of nitrogens with two attached hydrogens (primary N) is 1. The Morgan fingerprint density at radius 2 is 1.75 bits per heavy atom. The monoisotopic (exact) mass is 505 g/mol. The number of carbonyl (C=O) groups excluding carboxylic acids is 1. The maximum atomic E-state index is 11.3. The van der Waals surface area contributed by atoms with Crippen LogP contribution in [0.25, 0.3) is 0 Å². The van der Waals surface area contributed by atoms with Crippen molar-refractivity contribution in [2.75, 3.05) is 0 Å². The molecule has 4 N–H and O–H groups in total. The molecule has 5 heteroatoms. The summed E-state index contributed by atoms with van der Waals surface area (Å²) >= 11 is -1.55. The van der Waals surface area contributed by atoms with Crippen LogP contribution in [0.1, 0.15) is 85.0 Å². The molecular formula is C23H40INO3. The third-order valence-electron chi connectivity index (χ3n) is 9.36. The van der Waals surface area contributed by atoms with Crippen molar-refractivity contribution in [3.05, 3.63) is 0 Å². The minimum atomic E-state index is -1.55. The maximum absolute atomic E-state index is 11.3. The number of hydrogen-bond donors (Lipinski definition) is 3. The summed E-state index contributed by atoms with van der Waals surface area (Å²) in [5.74, 6) is 1.57.